The molecule has 1 atom stereocenters. The summed E-state index contributed by atoms with van der Waals surface area (Å²) in [5.74, 6) is 4.58. The number of hydrogen-bond donors (Lipinski definition) is 2. The molecule has 0 aromatic heterocycles. The third-order valence-electron chi connectivity index (χ3n) is 7.64. The molecule has 7 nitrogen and oxygen atoms in total. The number of hydrogen-bond acceptors (Lipinski definition) is 4. The highest BCUT2D eigenvalue weighted by Crippen LogP contribution is 2.51. The number of nitrogens with zero attached hydrogens (tertiary/aromatic N) is 2. The predicted molar refractivity (Wildman–Crippen MR) is 149 cm³/mol. The number of rotatable bonds is 8. The third-order valence-corrected chi connectivity index (χ3v) is 7.97. The summed E-state index contributed by atoms with van der Waals surface area (Å²) in [4.78, 5) is 30.3. The topological polar surface area (TPSA) is 74.5 Å². The first-order chi connectivity index (χ1) is 19.5. The van der Waals surface area contributed by atoms with Crippen LogP contribution in [-0.2, 0) is 26.1 Å². The number of aliphatic hydroxyl groups is 1. The lowest BCUT2D eigenvalue weighted by Gasteiger charge is -2.26. The predicted octanol–water partition coefficient (Wildman–Crippen LogP) is -0.139. The van der Waals surface area contributed by atoms with Gasteiger partial charge in [-0.3, -0.25) is 9.59 Å². The van der Waals surface area contributed by atoms with E-state index >= 15 is 0 Å². The highest BCUT2D eigenvalue weighted by Gasteiger charge is 2.56. The van der Waals surface area contributed by atoms with Gasteiger partial charge in [-0.15, -0.1) is 0 Å². The molecule has 0 spiro atoms. The molecule has 2 aliphatic rings. The Morgan fingerprint density at radius 2 is 1.83 bits per heavy atom. The zero-order chi connectivity index (χ0) is 29.8. The fourth-order valence-electron chi connectivity index (χ4n) is 5.33. The van der Waals surface area contributed by atoms with Crippen LogP contribution in [0.25, 0.3) is 0 Å². The zero-order valence-corrected chi connectivity index (χ0v) is 25.0. The minimum atomic E-state index is -4.90. The molecule has 2 aromatic carbocycles. The molecule has 0 saturated carbocycles. The van der Waals surface area contributed by atoms with Crippen LogP contribution >= 0.6 is 11.6 Å². The molecule has 2 aromatic rings. The van der Waals surface area contributed by atoms with Gasteiger partial charge in [0.2, 0.25) is 5.91 Å². The summed E-state index contributed by atoms with van der Waals surface area (Å²) in [7, 11) is 0. The van der Waals surface area contributed by atoms with Crippen LogP contribution in [-0.4, -0.2) is 74.3 Å². The summed E-state index contributed by atoms with van der Waals surface area (Å²) in [6, 6.07) is 8.14. The van der Waals surface area contributed by atoms with Gasteiger partial charge in [0.25, 0.3) is 5.91 Å². The number of amides is 2. The van der Waals surface area contributed by atoms with E-state index in [2.05, 4.69) is 11.8 Å². The second-order valence-electron chi connectivity index (χ2n) is 10.1. The minimum Gasteiger partial charge on any atom is -1.00 e. The van der Waals surface area contributed by atoms with E-state index in [-0.39, 0.29) is 59.5 Å². The van der Waals surface area contributed by atoms with Crippen molar-refractivity contribution in [1.82, 2.24) is 4.90 Å². The lowest BCUT2D eigenvalue weighted by Crippen LogP contribution is -3.12. The molecule has 2 heterocycles. The van der Waals surface area contributed by atoms with Crippen LogP contribution in [0.5, 0.6) is 0 Å². The highest BCUT2D eigenvalue weighted by molar-refractivity contribution is 6.32. The maximum Gasteiger partial charge on any atom is 0.416 e. The largest absolute Gasteiger partial charge is 1.00 e. The van der Waals surface area contributed by atoms with Gasteiger partial charge in [-0.2, -0.15) is 13.2 Å². The second-order valence-corrected chi connectivity index (χ2v) is 10.5. The van der Waals surface area contributed by atoms with Gasteiger partial charge in [0.1, 0.15) is 0 Å². The van der Waals surface area contributed by atoms with Gasteiger partial charge in [0.05, 0.1) is 50.6 Å². The molecular weight excluding hydrogens is 594 g/mol. The van der Waals surface area contributed by atoms with Crippen LogP contribution < -0.4 is 22.2 Å². The summed E-state index contributed by atoms with van der Waals surface area (Å²) >= 11 is 6.33. The molecule has 4 rings (SSSR count). The molecule has 2 amide bonds. The summed E-state index contributed by atoms with van der Waals surface area (Å²) < 4.78 is 49.0. The molecule has 0 bridgehead atoms. The number of likely N-dealkylation sites (N-methyl/N-ethyl adjacent to an activating group) is 1. The van der Waals surface area contributed by atoms with Crippen molar-refractivity contribution in [3.05, 3.63) is 63.7 Å². The number of alkyl halides is 3. The number of carbonyl (C=O) groups excluding carboxylic acids is 2. The minimum absolute atomic E-state index is 0. The Morgan fingerprint density at radius 3 is 2.45 bits per heavy atom. The molecule has 1 unspecified atom stereocenters. The Bertz CT molecular complexity index is 1350. The number of nitrogens with one attached hydrogen (secondary N) is 1. The van der Waals surface area contributed by atoms with E-state index < -0.39 is 28.8 Å². The first-order valence-electron chi connectivity index (χ1n) is 13.7. The molecule has 228 valence electrons. The third kappa shape index (κ3) is 6.87. The Hall–Kier alpha value is -2.81. The normalized spacial score (nSPS) is 18.4. The highest BCUT2D eigenvalue weighted by atomic mass is 35.5. The number of morpholine rings is 1. The molecule has 12 heteroatoms. The molecule has 2 N–H and O–H groups in total. The number of benzene rings is 2. The van der Waals surface area contributed by atoms with Crippen LogP contribution in [0, 0.1) is 11.8 Å². The number of ether oxygens (including phenoxy) is 1. The molecule has 0 aliphatic carbocycles. The van der Waals surface area contributed by atoms with Crippen molar-refractivity contribution in [3.8, 4) is 11.8 Å². The van der Waals surface area contributed by atoms with Gasteiger partial charge in [-0.05, 0) is 32.0 Å². The SMILES string of the molecule is CC[NH+](CC)CCN1C(=O)C(O)(c2ccccc2Cl)c2c1cc(C#CCCC(=O)N1CCOCC1)cc2C(F)(F)F.[Cl-]. The van der Waals surface area contributed by atoms with E-state index in [1.165, 1.54) is 29.2 Å². The smallest absolute Gasteiger partial charge is 0.416 e. The van der Waals surface area contributed by atoms with Crippen molar-refractivity contribution in [3.63, 3.8) is 0 Å². The summed E-state index contributed by atoms with van der Waals surface area (Å²) in [6.45, 7) is 8.01. The van der Waals surface area contributed by atoms with Crippen LogP contribution in [0.15, 0.2) is 36.4 Å². The zero-order valence-electron chi connectivity index (χ0n) is 23.5. The number of quaternary nitrogens is 1. The van der Waals surface area contributed by atoms with E-state index in [0.29, 0.717) is 32.8 Å². The van der Waals surface area contributed by atoms with E-state index in [4.69, 9.17) is 16.3 Å². The van der Waals surface area contributed by atoms with Crippen molar-refractivity contribution in [2.24, 2.45) is 0 Å². The van der Waals surface area contributed by atoms with Crippen LogP contribution in [0.3, 0.4) is 0 Å². The molecule has 2 aliphatic heterocycles. The Kier molecular flexibility index (Phi) is 11.3. The maximum atomic E-state index is 14.6. The monoisotopic (exact) mass is 627 g/mol. The molecule has 42 heavy (non-hydrogen) atoms. The van der Waals surface area contributed by atoms with E-state index in [0.717, 1.165) is 24.1 Å². The second kappa shape index (κ2) is 14.1. The fraction of sp³-hybridized carbons (Fsp3) is 0.467. The van der Waals surface area contributed by atoms with E-state index in [9.17, 15) is 27.9 Å². The Balaban J connectivity index is 0.00000484. The first kappa shape index (κ1) is 33.7. The van der Waals surface area contributed by atoms with Gasteiger partial charge in [0.15, 0.2) is 5.60 Å². The molecule has 1 fully saturated rings. The van der Waals surface area contributed by atoms with E-state index in [1.807, 2.05) is 13.8 Å². The average molecular weight is 629 g/mol. The van der Waals surface area contributed by atoms with Crippen molar-refractivity contribution in [2.75, 3.05) is 57.4 Å². The van der Waals surface area contributed by atoms with Crippen molar-refractivity contribution < 1.29 is 49.9 Å². The van der Waals surface area contributed by atoms with Crippen molar-refractivity contribution in [1.29, 1.82) is 0 Å². The maximum absolute atomic E-state index is 14.6. The van der Waals surface area contributed by atoms with Crippen LogP contribution in [0.4, 0.5) is 18.9 Å². The van der Waals surface area contributed by atoms with Gasteiger partial charge in [-0.1, -0.05) is 41.6 Å². The average Bonchev–Trinajstić information content (AvgIpc) is 3.17. The Labute approximate surface area is 255 Å². The summed E-state index contributed by atoms with van der Waals surface area (Å²) in [6.07, 6.45) is -4.61. The molecular formula is C30H34Cl2F3N3O4. The van der Waals surface area contributed by atoms with Crippen LogP contribution in [0.2, 0.25) is 5.02 Å². The summed E-state index contributed by atoms with van der Waals surface area (Å²) in [5.41, 5.74) is -4.47. The number of fused-ring (bicyclic) bond motifs is 1. The van der Waals surface area contributed by atoms with Gasteiger partial charge < -0.3 is 37.0 Å². The Morgan fingerprint density at radius 1 is 1.17 bits per heavy atom. The van der Waals surface area contributed by atoms with E-state index in [1.54, 1.807) is 11.0 Å². The standard InChI is InChI=1S/C30H33ClF3N3O4.ClH/c1-3-35(4-2)13-14-37-25-20-21(9-5-8-12-26(38)36-15-17-41-18-16-36)19-23(30(32,33)34)27(25)29(40,28(37)39)22-10-6-7-11-24(22)31;/h6-7,10-11,19-20,40H,3-4,8,12-18H2,1-2H3;1H. The lowest BCUT2D eigenvalue weighted by atomic mass is 9.83. The molecule has 1 saturated heterocycles. The number of anilines is 1. The molecule has 0 radical (unpaired) electrons. The van der Waals surface area contributed by atoms with Crippen LogP contribution in [0.1, 0.15) is 48.9 Å². The fourth-order valence-corrected chi connectivity index (χ4v) is 5.60. The lowest BCUT2D eigenvalue weighted by molar-refractivity contribution is -0.894. The summed E-state index contributed by atoms with van der Waals surface area (Å²) in [5, 5.41) is 11.9. The van der Waals surface area contributed by atoms with Crippen molar-refractivity contribution in [2.45, 2.75) is 38.5 Å². The number of carbonyl (C=O) groups is 2. The first-order valence-corrected chi connectivity index (χ1v) is 14.1. The van der Waals surface area contributed by atoms with Gasteiger partial charge >= 0.3 is 6.18 Å². The quantitative estimate of drug-likeness (QED) is 0.400. The van der Waals surface area contributed by atoms with Crippen molar-refractivity contribution >= 4 is 29.1 Å². The van der Waals surface area contributed by atoms with Gasteiger partial charge in [0, 0.05) is 47.6 Å². The number of halogens is 5. The van der Waals surface area contributed by atoms with Gasteiger partial charge in [-0.25, -0.2) is 0 Å².